The summed E-state index contributed by atoms with van der Waals surface area (Å²) in [6.45, 7) is 0. The van der Waals surface area contributed by atoms with E-state index in [0.29, 0.717) is 12.0 Å². The van der Waals surface area contributed by atoms with Gasteiger partial charge >= 0.3 is 0 Å². The van der Waals surface area contributed by atoms with Crippen molar-refractivity contribution < 1.29 is 4.79 Å². The lowest BCUT2D eigenvalue weighted by Gasteiger charge is -2.22. The maximum absolute atomic E-state index is 12.6. The Labute approximate surface area is 148 Å². The quantitative estimate of drug-likeness (QED) is 0.542. The largest absolute Gasteiger partial charge is 0.294 e. The Morgan fingerprint density at radius 2 is 1.92 bits per heavy atom. The summed E-state index contributed by atoms with van der Waals surface area (Å²) in [5, 5.41) is 6.48. The van der Waals surface area contributed by atoms with Gasteiger partial charge in [0.25, 0.3) is 0 Å². The minimum absolute atomic E-state index is 0.158. The first kappa shape index (κ1) is 14.5. The highest BCUT2D eigenvalue weighted by atomic mass is 32.1. The number of hydrogen-bond acceptors (Lipinski definition) is 4. The molecule has 0 aliphatic heterocycles. The molecule has 0 saturated carbocycles. The van der Waals surface area contributed by atoms with E-state index in [1.807, 2.05) is 36.7 Å². The van der Waals surface area contributed by atoms with E-state index < -0.39 is 0 Å². The standard InChI is InChI=1S/C20H15N3OS/c24-18-10-14(19-7-4-8-25-19)9-17-16(18)12-23-20(22-17)15(11-21-23)13-5-2-1-3-6-13/h1-8,11-12,14H,9-10H2. The van der Waals surface area contributed by atoms with Crippen LogP contribution in [0.25, 0.3) is 16.8 Å². The van der Waals surface area contributed by atoms with E-state index in [0.717, 1.165) is 28.9 Å². The van der Waals surface area contributed by atoms with Crippen LogP contribution in [0.5, 0.6) is 0 Å². The van der Waals surface area contributed by atoms with Gasteiger partial charge in [0.2, 0.25) is 0 Å². The van der Waals surface area contributed by atoms with Crippen molar-refractivity contribution in [2.75, 3.05) is 0 Å². The lowest BCUT2D eigenvalue weighted by molar-refractivity contribution is 0.0963. The first-order valence-electron chi connectivity index (χ1n) is 8.29. The van der Waals surface area contributed by atoms with Crippen LogP contribution in [-0.4, -0.2) is 20.4 Å². The number of hydrogen-bond donors (Lipinski definition) is 0. The molecule has 5 rings (SSSR count). The normalized spacial score (nSPS) is 17.0. The van der Waals surface area contributed by atoms with Crippen LogP contribution in [0.15, 0.2) is 60.2 Å². The molecule has 4 nitrogen and oxygen atoms in total. The van der Waals surface area contributed by atoms with Crippen LogP contribution < -0.4 is 0 Å². The molecule has 1 atom stereocenters. The van der Waals surface area contributed by atoms with Gasteiger partial charge in [-0.2, -0.15) is 5.10 Å². The average molecular weight is 345 g/mol. The Balaban J connectivity index is 1.64. The first-order chi connectivity index (χ1) is 12.3. The van der Waals surface area contributed by atoms with Crippen molar-refractivity contribution in [3.05, 3.63) is 76.4 Å². The van der Waals surface area contributed by atoms with Crippen LogP contribution >= 0.6 is 11.3 Å². The molecule has 1 unspecified atom stereocenters. The third kappa shape index (κ3) is 2.39. The highest BCUT2D eigenvalue weighted by Gasteiger charge is 2.29. The number of thiophene rings is 1. The van der Waals surface area contributed by atoms with Crippen molar-refractivity contribution in [1.82, 2.24) is 14.6 Å². The average Bonchev–Trinajstić information content (AvgIpc) is 3.31. The molecule has 0 N–H and O–H groups in total. The van der Waals surface area contributed by atoms with Crippen LogP contribution in [0.1, 0.15) is 33.3 Å². The number of Topliss-reactive ketones (excluding diaryl/α,β-unsaturated/α-hetero) is 1. The summed E-state index contributed by atoms with van der Waals surface area (Å²) in [5.74, 6) is 0.392. The molecule has 3 aromatic heterocycles. The molecule has 0 spiro atoms. The zero-order valence-electron chi connectivity index (χ0n) is 13.4. The zero-order valence-corrected chi connectivity index (χ0v) is 14.2. The van der Waals surface area contributed by atoms with Gasteiger partial charge in [0, 0.05) is 29.0 Å². The van der Waals surface area contributed by atoms with Gasteiger partial charge in [0.1, 0.15) is 0 Å². The highest BCUT2D eigenvalue weighted by molar-refractivity contribution is 7.10. The fourth-order valence-electron chi connectivity index (χ4n) is 3.52. The SMILES string of the molecule is O=C1CC(c2cccs2)Cc2nc3c(-c4ccccc4)cnn3cc21. The molecule has 1 aliphatic carbocycles. The summed E-state index contributed by atoms with van der Waals surface area (Å²) >= 11 is 1.71. The van der Waals surface area contributed by atoms with Crippen LogP contribution in [0.3, 0.4) is 0 Å². The van der Waals surface area contributed by atoms with Crippen molar-refractivity contribution in [3.8, 4) is 11.1 Å². The Kier molecular flexibility index (Phi) is 3.28. The summed E-state index contributed by atoms with van der Waals surface area (Å²) in [6.07, 6.45) is 5.02. The molecule has 0 amide bonds. The van der Waals surface area contributed by atoms with Gasteiger partial charge in [-0.25, -0.2) is 9.50 Å². The summed E-state index contributed by atoms with van der Waals surface area (Å²) < 4.78 is 1.73. The Morgan fingerprint density at radius 3 is 2.72 bits per heavy atom. The lowest BCUT2D eigenvalue weighted by atomic mass is 9.85. The predicted octanol–water partition coefficient (Wildman–Crippen LogP) is 4.37. The molecule has 25 heavy (non-hydrogen) atoms. The van der Waals surface area contributed by atoms with Gasteiger partial charge in [-0.3, -0.25) is 4.79 Å². The Bertz CT molecular complexity index is 1070. The maximum Gasteiger partial charge on any atom is 0.166 e. The molecular formula is C20H15N3OS. The number of nitrogens with zero attached hydrogens (tertiary/aromatic N) is 3. The molecule has 122 valence electrons. The van der Waals surface area contributed by atoms with Crippen molar-refractivity contribution >= 4 is 22.8 Å². The first-order valence-corrected chi connectivity index (χ1v) is 9.17. The number of fused-ring (bicyclic) bond motifs is 2. The van der Waals surface area contributed by atoms with Crippen LogP contribution in [0.2, 0.25) is 0 Å². The van der Waals surface area contributed by atoms with Crippen LogP contribution in [0.4, 0.5) is 0 Å². The van der Waals surface area contributed by atoms with E-state index in [-0.39, 0.29) is 11.7 Å². The van der Waals surface area contributed by atoms with E-state index in [1.165, 1.54) is 4.88 Å². The van der Waals surface area contributed by atoms with E-state index in [2.05, 4.69) is 28.7 Å². The predicted molar refractivity (Wildman–Crippen MR) is 98.1 cm³/mol. The van der Waals surface area contributed by atoms with Gasteiger partial charge in [-0.15, -0.1) is 11.3 Å². The van der Waals surface area contributed by atoms with Gasteiger partial charge < -0.3 is 0 Å². The molecule has 5 heteroatoms. The van der Waals surface area contributed by atoms with Crippen LogP contribution in [0, 0.1) is 0 Å². The molecule has 0 fully saturated rings. The molecule has 4 aromatic rings. The molecule has 1 aliphatic rings. The number of carbonyl (C=O) groups is 1. The van der Waals surface area contributed by atoms with E-state index in [4.69, 9.17) is 4.98 Å². The third-order valence-electron chi connectivity index (χ3n) is 4.77. The summed E-state index contributed by atoms with van der Waals surface area (Å²) in [6, 6.07) is 14.3. The van der Waals surface area contributed by atoms with Gasteiger partial charge in [0.15, 0.2) is 11.4 Å². The lowest BCUT2D eigenvalue weighted by Crippen LogP contribution is -2.20. The molecule has 3 heterocycles. The van der Waals surface area contributed by atoms with Gasteiger partial charge in [0.05, 0.1) is 17.5 Å². The van der Waals surface area contributed by atoms with Crippen molar-refractivity contribution in [2.45, 2.75) is 18.8 Å². The number of ketones is 1. The van der Waals surface area contributed by atoms with E-state index in [9.17, 15) is 4.79 Å². The third-order valence-corrected chi connectivity index (χ3v) is 5.81. The zero-order chi connectivity index (χ0) is 16.8. The number of rotatable bonds is 2. The van der Waals surface area contributed by atoms with E-state index >= 15 is 0 Å². The fourth-order valence-corrected chi connectivity index (χ4v) is 4.35. The topological polar surface area (TPSA) is 47.3 Å². The number of carbonyl (C=O) groups excluding carboxylic acids is 1. The summed E-state index contributed by atoms with van der Waals surface area (Å²) in [4.78, 5) is 18.7. The molecular weight excluding hydrogens is 330 g/mol. The Morgan fingerprint density at radius 1 is 1.04 bits per heavy atom. The van der Waals surface area contributed by atoms with Crippen molar-refractivity contribution in [1.29, 1.82) is 0 Å². The minimum atomic E-state index is 0.158. The van der Waals surface area contributed by atoms with Crippen molar-refractivity contribution in [3.63, 3.8) is 0 Å². The molecule has 0 bridgehead atoms. The summed E-state index contributed by atoms with van der Waals surface area (Å²) in [5.41, 5.74) is 4.49. The second kappa shape index (κ2) is 5.63. The molecule has 0 radical (unpaired) electrons. The number of benzene rings is 1. The highest BCUT2D eigenvalue weighted by Crippen LogP contribution is 2.35. The smallest absolute Gasteiger partial charge is 0.166 e. The van der Waals surface area contributed by atoms with Crippen molar-refractivity contribution in [2.24, 2.45) is 0 Å². The summed E-state index contributed by atoms with van der Waals surface area (Å²) in [7, 11) is 0. The second-order valence-electron chi connectivity index (χ2n) is 6.34. The Hall–Kier alpha value is -2.79. The monoisotopic (exact) mass is 345 g/mol. The van der Waals surface area contributed by atoms with Gasteiger partial charge in [-0.05, 0) is 23.4 Å². The maximum atomic E-state index is 12.6. The fraction of sp³-hybridized carbons (Fsp3) is 0.150. The van der Waals surface area contributed by atoms with E-state index in [1.54, 1.807) is 15.9 Å². The van der Waals surface area contributed by atoms with Crippen LogP contribution in [-0.2, 0) is 6.42 Å². The number of aromatic nitrogens is 3. The molecule has 0 saturated heterocycles. The minimum Gasteiger partial charge on any atom is -0.294 e. The molecule has 1 aromatic carbocycles. The second-order valence-corrected chi connectivity index (χ2v) is 7.32. The van der Waals surface area contributed by atoms with Gasteiger partial charge in [-0.1, -0.05) is 36.4 Å².